The van der Waals surface area contributed by atoms with E-state index >= 15 is 0 Å². The van der Waals surface area contributed by atoms with E-state index in [9.17, 15) is 24.0 Å². The summed E-state index contributed by atoms with van der Waals surface area (Å²) in [6, 6.07) is 0. The molecule has 0 spiro atoms. The molecule has 0 saturated heterocycles. The summed E-state index contributed by atoms with van der Waals surface area (Å²) in [6.45, 7) is 1.25. The van der Waals surface area contributed by atoms with Gasteiger partial charge in [0.2, 0.25) is 0 Å². The molecule has 0 amide bonds. The van der Waals surface area contributed by atoms with Crippen molar-refractivity contribution in [3.05, 3.63) is 44.9 Å². The van der Waals surface area contributed by atoms with E-state index in [-0.39, 0.29) is 35.1 Å². The van der Waals surface area contributed by atoms with E-state index < -0.39 is 40.9 Å². The van der Waals surface area contributed by atoms with Crippen molar-refractivity contribution < 1.29 is 28.7 Å². The SMILES string of the molecule is CC(=O)OC1=CCC2C(=O)C3=C(C(=O)c4cscc4C3=O)C(=O)C2C1. The second-order valence-corrected chi connectivity index (χ2v) is 7.00. The molecule has 1 aromatic heterocycles. The van der Waals surface area contributed by atoms with Crippen molar-refractivity contribution in [2.24, 2.45) is 11.8 Å². The molecule has 0 bridgehead atoms. The maximum Gasteiger partial charge on any atom is 0.307 e. The Kier molecular flexibility index (Phi) is 3.43. The van der Waals surface area contributed by atoms with Crippen LogP contribution in [0, 0.1) is 11.8 Å². The summed E-state index contributed by atoms with van der Waals surface area (Å²) in [5.41, 5.74) is -0.196. The predicted molar refractivity (Wildman–Crippen MR) is 86.1 cm³/mol. The van der Waals surface area contributed by atoms with E-state index in [4.69, 9.17) is 4.74 Å². The van der Waals surface area contributed by atoms with E-state index in [1.807, 2.05) is 0 Å². The summed E-state index contributed by atoms with van der Waals surface area (Å²) in [5, 5.41) is 3.05. The highest BCUT2D eigenvalue weighted by Gasteiger charge is 2.51. The number of ketones is 4. The van der Waals surface area contributed by atoms with Gasteiger partial charge in [-0.2, -0.15) is 11.3 Å². The van der Waals surface area contributed by atoms with Gasteiger partial charge in [0.25, 0.3) is 0 Å². The number of fused-ring (bicyclic) bond motifs is 2. The maximum absolute atomic E-state index is 12.9. The Labute approximate surface area is 146 Å². The summed E-state index contributed by atoms with van der Waals surface area (Å²) >= 11 is 1.18. The lowest BCUT2D eigenvalue weighted by molar-refractivity contribution is -0.138. The van der Waals surface area contributed by atoms with E-state index in [0.717, 1.165) is 0 Å². The largest absolute Gasteiger partial charge is 0.432 e. The molecule has 3 aliphatic rings. The van der Waals surface area contributed by atoms with Gasteiger partial charge in [-0.1, -0.05) is 0 Å². The fourth-order valence-electron chi connectivity index (χ4n) is 3.68. The van der Waals surface area contributed by atoms with Gasteiger partial charge in [-0.3, -0.25) is 24.0 Å². The molecule has 2 unspecified atom stereocenters. The van der Waals surface area contributed by atoms with Crippen molar-refractivity contribution in [1.82, 2.24) is 0 Å². The molecule has 7 heteroatoms. The van der Waals surface area contributed by atoms with Crippen LogP contribution in [0.1, 0.15) is 40.5 Å². The first-order valence-corrected chi connectivity index (χ1v) is 8.70. The van der Waals surface area contributed by atoms with Gasteiger partial charge < -0.3 is 4.74 Å². The average molecular weight is 356 g/mol. The Bertz CT molecular complexity index is 945. The van der Waals surface area contributed by atoms with Gasteiger partial charge in [-0.05, 0) is 12.5 Å². The third kappa shape index (κ3) is 2.19. The van der Waals surface area contributed by atoms with Crippen molar-refractivity contribution in [2.75, 3.05) is 0 Å². The van der Waals surface area contributed by atoms with Gasteiger partial charge in [0.15, 0.2) is 23.1 Å². The first-order chi connectivity index (χ1) is 11.9. The highest BCUT2D eigenvalue weighted by atomic mass is 32.1. The van der Waals surface area contributed by atoms with Crippen molar-refractivity contribution >= 4 is 40.4 Å². The molecule has 0 saturated carbocycles. The van der Waals surface area contributed by atoms with Crippen LogP contribution in [0.15, 0.2) is 33.7 Å². The van der Waals surface area contributed by atoms with Gasteiger partial charge in [-0.25, -0.2) is 0 Å². The lowest BCUT2D eigenvalue weighted by Gasteiger charge is -2.35. The molecule has 0 radical (unpaired) electrons. The molecule has 25 heavy (non-hydrogen) atoms. The van der Waals surface area contributed by atoms with Crippen LogP contribution in [0.4, 0.5) is 0 Å². The second kappa shape index (κ2) is 5.42. The smallest absolute Gasteiger partial charge is 0.307 e. The topological polar surface area (TPSA) is 94.6 Å². The molecule has 2 atom stereocenters. The van der Waals surface area contributed by atoms with Crippen LogP contribution in [0.5, 0.6) is 0 Å². The van der Waals surface area contributed by atoms with Gasteiger partial charge in [0.05, 0.1) is 11.1 Å². The molecule has 1 heterocycles. The van der Waals surface area contributed by atoms with Crippen LogP contribution in [0.3, 0.4) is 0 Å². The van der Waals surface area contributed by atoms with Crippen LogP contribution >= 0.6 is 11.3 Å². The van der Waals surface area contributed by atoms with E-state index in [1.54, 1.807) is 6.08 Å². The van der Waals surface area contributed by atoms with Gasteiger partial charge in [-0.15, -0.1) is 0 Å². The molecule has 0 aromatic carbocycles. The van der Waals surface area contributed by atoms with E-state index in [1.165, 1.54) is 29.0 Å². The second-order valence-electron chi connectivity index (χ2n) is 6.25. The third-order valence-corrected chi connectivity index (χ3v) is 5.55. The summed E-state index contributed by atoms with van der Waals surface area (Å²) in [5.74, 6) is -3.73. The van der Waals surface area contributed by atoms with Crippen LogP contribution in [0.2, 0.25) is 0 Å². The molecular formula is C18H12O6S. The van der Waals surface area contributed by atoms with Gasteiger partial charge in [0, 0.05) is 47.1 Å². The van der Waals surface area contributed by atoms with Crippen LogP contribution in [0.25, 0.3) is 0 Å². The number of thiophene rings is 1. The fourth-order valence-corrected chi connectivity index (χ4v) is 4.49. The van der Waals surface area contributed by atoms with Crippen molar-refractivity contribution in [1.29, 1.82) is 0 Å². The predicted octanol–water partition coefficient (Wildman–Crippen LogP) is 2.05. The molecule has 1 aromatic rings. The Morgan fingerprint density at radius 1 is 1.00 bits per heavy atom. The zero-order valence-corrected chi connectivity index (χ0v) is 14.0. The normalized spacial score (nSPS) is 25.2. The first-order valence-electron chi connectivity index (χ1n) is 7.76. The van der Waals surface area contributed by atoms with Crippen molar-refractivity contribution in [3.63, 3.8) is 0 Å². The van der Waals surface area contributed by atoms with Crippen molar-refractivity contribution in [3.8, 4) is 0 Å². The summed E-state index contributed by atoms with van der Waals surface area (Å²) in [4.78, 5) is 62.2. The number of carbonyl (C=O) groups excluding carboxylic acids is 5. The molecule has 0 N–H and O–H groups in total. The van der Waals surface area contributed by atoms with Crippen molar-refractivity contribution in [2.45, 2.75) is 19.8 Å². The highest BCUT2D eigenvalue weighted by Crippen LogP contribution is 2.43. The minimum Gasteiger partial charge on any atom is -0.432 e. The number of carbonyl (C=O) groups is 5. The van der Waals surface area contributed by atoms with Crippen LogP contribution in [-0.2, 0) is 19.1 Å². The van der Waals surface area contributed by atoms with Crippen LogP contribution < -0.4 is 0 Å². The molecule has 4 rings (SSSR count). The Morgan fingerprint density at radius 3 is 2.12 bits per heavy atom. The molecule has 0 aliphatic heterocycles. The zero-order chi connectivity index (χ0) is 17.9. The monoisotopic (exact) mass is 356 g/mol. The quantitative estimate of drug-likeness (QED) is 0.565. The van der Waals surface area contributed by atoms with E-state index in [0.29, 0.717) is 5.76 Å². The zero-order valence-electron chi connectivity index (χ0n) is 13.2. The summed E-state index contributed by atoms with van der Waals surface area (Å²) in [7, 11) is 0. The number of rotatable bonds is 1. The first kappa shape index (κ1) is 15.8. The molecule has 0 fully saturated rings. The minimum atomic E-state index is -0.775. The third-order valence-electron chi connectivity index (χ3n) is 4.80. The van der Waals surface area contributed by atoms with Gasteiger partial charge >= 0.3 is 5.97 Å². The Balaban J connectivity index is 1.78. The standard InChI is InChI=1S/C18H12O6S/c1-7(19)24-8-2-3-9-10(4-8)16(21)14-13(15(9)20)17(22)11-5-25-6-12(11)18(14)23/h2,5-6,9-10H,3-4H2,1H3. The fraction of sp³-hybridized carbons (Fsp3) is 0.278. The average Bonchev–Trinajstić information content (AvgIpc) is 3.05. The number of Topliss-reactive ketones (excluding diaryl/α,β-unsaturated/α-hetero) is 4. The Morgan fingerprint density at radius 2 is 1.56 bits per heavy atom. The molecular weight excluding hydrogens is 344 g/mol. The Hall–Kier alpha value is -2.67. The molecule has 126 valence electrons. The lowest BCUT2D eigenvalue weighted by Crippen LogP contribution is -2.45. The minimum absolute atomic E-state index is 0.0730. The lowest BCUT2D eigenvalue weighted by atomic mass is 9.65. The number of ether oxygens (including phenoxy) is 1. The molecule has 6 nitrogen and oxygen atoms in total. The number of hydrogen-bond acceptors (Lipinski definition) is 7. The number of esters is 1. The molecule has 3 aliphatic carbocycles. The summed E-state index contributed by atoms with van der Waals surface area (Å²) < 4.78 is 5.04. The highest BCUT2D eigenvalue weighted by molar-refractivity contribution is 7.08. The van der Waals surface area contributed by atoms with E-state index in [2.05, 4.69) is 0 Å². The maximum atomic E-state index is 12.9. The number of hydrogen-bond donors (Lipinski definition) is 0. The number of allylic oxidation sites excluding steroid dienone is 4. The summed E-state index contributed by atoms with van der Waals surface area (Å²) in [6.07, 6.45) is 1.88. The van der Waals surface area contributed by atoms with Crippen LogP contribution in [-0.4, -0.2) is 29.1 Å². The van der Waals surface area contributed by atoms with Gasteiger partial charge in [0.1, 0.15) is 5.76 Å².